The van der Waals surface area contributed by atoms with Gasteiger partial charge in [0.1, 0.15) is 6.61 Å². The maximum Gasteiger partial charge on any atom is 0.411 e. The van der Waals surface area contributed by atoms with Gasteiger partial charge < -0.3 is 9.84 Å². The third kappa shape index (κ3) is 5.51. The lowest BCUT2D eigenvalue weighted by atomic mass is 10.0. The molecule has 0 saturated carbocycles. The van der Waals surface area contributed by atoms with Crippen molar-refractivity contribution in [2.45, 2.75) is 32.0 Å². The van der Waals surface area contributed by atoms with Gasteiger partial charge in [-0.25, -0.2) is 0 Å². The van der Waals surface area contributed by atoms with Crippen LogP contribution in [0.1, 0.15) is 30.6 Å². The summed E-state index contributed by atoms with van der Waals surface area (Å²) in [5.41, 5.74) is 1.85. The van der Waals surface area contributed by atoms with Crippen LogP contribution in [-0.4, -0.2) is 24.5 Å². The van der Waals surface area contributed by atoms with Gasteiger partial charge in [0.25, 0.3) is 0 Å². The zero-order chi connectivity index (χ0) is 13.6. The average Bonchev–Trinajstić information content (AvgIpc) is 2.33. The molecule has 0 radical (unpaired) electrons. The van der Waals surface area contributed by atoms with E-state index in [0.29, 0.717) is 5.56 Å². The van der Waals surface area contributed by atoms with E-state index < -0.39 is 18.9 Å². The molecule has 0 fully saturated rings. The lowest BCUT2D eigenvalue weighted by molar-refractivity contribution is -0.175. The summed E-state index contributed by atoms with van der Waals surface area (Å²) in [6, 6.07) is 7.37. The van der Waals surface area contributed by atoms with E-state index in [1.54, 1.807) is 12.1 Å². The van der Waals surface area contributed by atoms with Gasteiger partial charge in [-0.1, -0.05) is 31.2 Å². The fraction of sp³-hybridized carbons (Fsp3) is 0.538. The lowest BCUT2D eigenvalue weighted by Gasteiger charge is -2.12. The number of hydrogen-bond donors (Lipinski definition) is 1. The van der Waals surface area contributed by atoms with Crippen molar-refractivity contribution >= 4 is 0 Å². The van der Waals surface area contributed by atoms with Crippen LogP contribution in [0, 0.1) is 0 Å². The van der Waals surface area contributed by atoms with E-state index in [1.807, 2.05) is 19.1 Å². The number of benzene rings is 1. The molecule has 102 valence electrons. The van der Waals surface area contributed by atoms with Crippen LogP contribution in [0.15, 0.2) is 24.3 Å². The monoisotopic (exact) mass is 262 g/mol. The molecule has 0 aliphatic carbocycles. The largest absolute Gasteiger partial charge is 0.411 e. The first kappa shape index (κ1) is 15.0. The fourth-order valence-corrected chi connectivity index (χ4v) is 1.53. The summed E-state index contributed by atoms with van der Waals surface area (Å²) >= 11 is 0. The average molecular weight is 262 g/mol. The van der Waals surface area contributed by atoms with Crippen molar-refractivity contribution < 1.29 is 23.0 Å². The summed E-state index contributed by atoms with van der Waals surface area (Å²) in [5, 5.41) is 9.75. The van der Waals surface area contributed by atoms with E-state index in [2.05, 4.69) is 4.74 Å². The van der Waals surface area contributed by atoms with Crippen LogP contribution in [0.25, 0.3) is 0 Å². The zero-order valence-electron chi connectivity index (χ0n) is 10.2. The first-order chi connectivity index (χ1) is 8.42. The standard InChI is InChI=1S/C13H17F3O2/c1-2-10-3-5-11(6-4-10)12(17)7-8-18-9-13(14,15)16/h3-6,12,17H,2,7-9H2,1H3. The SMILES string of the molecule is CCc1ccc(C(O)CCOCC(F)(F)F)cc1. The molecule has 0 spiro atoms. The Hall–Kier alpha value is -1.07. The molecule has 0 amide bonds. The van der Waals surface area contributed by atoms with Crippen molar-refractivity contribution in [3.05, 3.63) is 35.4 Å². The van der Waals surface area contributed by atoms with Gasteiger partial charge in [0, 0.05) is 13.0 Å². The molecule has 1 atom stereocenters. The van der Waals surface area contributed by atoms with E-state index in [0.717, 1.165) is 12.0 Å². The van der Waals surface area contributed by atoms with Crippen LogP contribution in [0.2, 0.25) is 0 Å². The van der Waals surface area contributed by atoms with Gasteiger partial charge in [-0.3, -0.25) is 0 Å². The second-order valence-corrected chi connectivity index (χ2v) is 4.07. The highest BCUT2D eigenvalue weighted by Crippen LogP contribution is 2.19. The molecule has 0 saturated heterocycles. The molecule has 5 heteroatoms. The molecule has 0 aliphatic heterocycles. The van der Waals surface area contributed by atoms with Gasteiger partial charge in [-0.15, -0.1) is 0 Å². The highest BCUT2D eigenvalue weighted by molar-refractivity contribution is 5.24. The molecular formula is C13H17F3O2. The maximum absolute atomic E-state index is 11.8. The van der Waals surface area contributed by atoms with E-state index in [-0.39, 0.29) is 13.0 Å². The fourth-order valence-electron chi connectivity index (χ4n) is 1.53. The Balaban J connectivity index is 2.33. The Morgan fingerprint density at radius 2 is 1.83 bits per heavy atom. The molecule has 18 heavy (non-hydrogen) atoms. The van der Waals surface area contributed by atoms with Crippen LogP contribution < -0.4 is 0 Å². The normalized spacial score (nSPS) is 13.6. The Morgan fingerprint density at radius 1 is 1.22 bits per heavy atom. The molecule has 0 bridgehead atoms. The number of alkyl halides is 3. The second-order valence-electron chi connectivity index (χ2n) is 4.07. The summed E-state index contributed by atoms with van der Waals surface area (Å²) in [6.45, 7) is 0.640. The van der Waals surface area contributed by atoms with E-state index in [9.17, 15) is 18.3 Å². The number of aliphatic hydroxyl groups excluding tert-OH is 1. The summed E-state index contributed by atoms with van der Waals surface area (Å²) in [5.74, 6) is 0. The Bertz CT molecular complexity index is 346. The maximum atomic E-state index is 11.8. The van der Waals surface area contributed by atoms with Crippen molar-refractivity contribution in [1.82, 2.24) is 0 Å². The number of rotatable bonds is 6. The Labute approximate surface area is 104 Å². The molecule has 2 nitrogen and oxygen atoms in total. The molecule has 1 rings (SSSR count). The quantitative estimate of drug-likeness (QED) is 0.797. The third-order valence-electron chi connectivity index (χ3n) is 2.57. The minimum absolute atomic E-state index is 0.115. The van der Waals surface area contributed by atoms with E-state index in [1.165, 1.54) is 0 Å². The lowest BCUT2D eigenvalue weighted by Crippen LogP contribution is -2.18. The number of aliphatic hydroxyl groups is 1. The Morgan fingerprint density at radius 3 is 2.33 bits per heavy atom. The van der Waals surface area contributed by atoms with Crippen molar-refractivity contribution in [1.29, 1.82) is 0 Å². The Kier molecular flexibility index (Phi) is 5.62. The van der Waals surface area contributed by atoms with Crippen LogP contribution >= 0.6 is 0 Å². The summed E-state index contributed by atoms with van der Waals surface area (Å²) in [7, 11) is 0. The van der Waals surface area contributed by atoms with Crippen molar-refractivity contribution in [2.75, 3.05) is 13.2 Å². The molecule has 1 N–H and O–H groups in total. The van der Waals surface area contributed by atoms with Crippen LogP contribution in [0.3, 0.4) is 0 Å². The van der Waals surface area contributed by atoms with Crippen molar-refractivity contribution in [2.24, 2.45) is 0 Å². The molecule has 1 aromatic rings. The van der Waals surface area contributed by atoms with Gasteiger partial charge in [-0.2, -0.15) is 13.2 Å². The van der Waals surface area contributed by atoms with Gasteiger partial charge in [0.2, 0.25) is 0 Å². The van der Waals surface area contributed by atoms with E-state index in [4.69, 9.17) is 0 Å². The van der Waals surface area contributed by atoms with Crippen molar-refractivity contribution in [3.8, 4) is 0 Å². The highest BCUT2D eigenvalue weighted by Gasteiger charge is 2.27. The van der Waals surface area contributed by atoms with Gasteiger partial charge >= 0.3 is 6.18 Å². The van der Waals surface area contributed by atoms with E-state index >= 15 is 0 Å². The number of ether oxygens (including phenoxy) is 1. The molecule has 1 unspecified atom stereocenters. The zero-order valence-corrected chi connectivity index (χ0v) is 10.2. The minimum Gasteiger partial charge on any atom is -0.388 e. The molecule has 0 aliphatic rings. The minimum atomic E-state index is -4.31. The first-order valence-electron chi connectivity index (χ1n) is 5.84. The van der Waals surface area contributed by atoms with Crippen molar-refractivity contribution in [3.63, 3.8) is 0 Å². The highest BCUT2D eigenvalue weighted by atomic mass is 19.4. The van der Waals surface area contributed by atoms with Crippen LogP contribution in [-0.2, 0) is 11.2 Å². The predicted molar refractivity (Wildman–Crippen MR) is 62.3 cm³/mol. The smallest absolute Gasteiger partial charge is 0.388 e. The number of hydrogen-bond acceptors (Lipinski definition) is 2. The summed E-state index contributed by atoms with van der Waals surface area (Å²) < 4.78 is 39.8. The number of halogens is 3. The van der Waals surface area contributed by atoms with Gasteiger partial charge in [-0.05, 0) is 17.5 Å². The first-order valence-corrected chi connectivity index (χ1v) is 5.84. The molecule has 0 aromatic heterocycles. The van der Waals surface area contributed by atoms with Crippen LogP contribution in [0.4, 0.5) is 13.2 Å². The van der Waals surface area contributed by atoms with Gasteiger partial charge in [0.05, 0.1) is 6.10 Å². The molecule has 1 aromatic carbocycles. The number of aryl methyl sites for hydroxylation is 1. The third-order valence-corrected chi connectivity index (χ3v) is 2.57. The summed E-state index contributed by atoms with van der Waals surface area (Å²) in [6.07, 6.45) is -4.04. The molecule has 0 heterocycles. The summed E-state index contributed by atoms with van der Waals surface area (Å²) in [4.78, 5) is 0. The van der Waals surface area contributed by atoms with Crippen LogP contribution in [0.5, 0.6) is 0 Å². The van der Waals surface area contributed by atoms with Gasteiger partial charge in [0.15, 0.2) is 0 Å². The topological polar surface area (TPSA) is 29.5 Å². The second kappa shape index (κ2) is 6.75. The molecular weight excluding hydrogens is 245 g/mol. The predicted octanol–water partition coefficient (Wildman–Crippen LogP) is 3.25.